The molecule has 0 bridgehead atoms. The Morgan fingerprint density at radius 1 is 0.864 bits per heavy atom. The molecule has 0 heterocycles. The Balaban J connectivity index is 0.00000110. The summed E-state index contributed by atoms with van der Waals surface area (Å²) in [5.74, 6) is 0. The van der Waals surface area contributed by atoms with Crippen molar-refractivity contribution in [3.8, 4) is 0 Å². The maximum absolute atomic E-state index is 2.29. The quantitative estimate of drug-likeness (QED) is 0.397. The van der Waals surface area contributed by atoms with Crippen LogP contribution in [0.25, 0.3) is 28.5 Å². The van der Waals surface area contributed by atoms with Crippen molar-refractivity contribution in [2.45, 2.75) is 13.3 Å². The average Bonchev–Trinajstić information content (AvgIpc) is 2.80. The van der Waals surface area contributed by atoms with Crippen LogP contribution in [0, 0.1) is 0 Å². The van der Waals surface area contributed by atoms with Crippen molar-refractivity contribution in [1.82, 2.24) is 0 Å². The number of benzene rings is 2. The first-order chi connectivity index (χ1) is 8.84. The molecule has 2 aliphatic carbocycles. The second kappa shape index (κ2) is 8.38. The molecule has 0 aromatic heterocycles. The molecule has 0 amide bonds. The van der Waals surface area contributed by atoms with E-state index in [1.807, 2.05) is 0 Å². The number of allylic oxidation sites excluding steroid dienone is 3. The molecule has 0 unspecified atom stereocenters. The summed E-state index contributed by atoms with van der Waals surface area (Å²) >= 11 is 0. The standard InChI is InChI=1S/C18H14.3ClH.Ti/c1-12-6-7-14-9-10-16-15-5-3-2-4-13(15)8-11-17(16)18(12)14;;;;/h2-3,5-11H,4H2,1H3;3*1H;/q;;;;+3/p-3. The summed E-state index contributed by atoms with van der Waals surface area (Å²) in [6, 6.07) is 9.09. The molecule has 2 aromatic carbocycles. The van der Waals surface area contributed by atoms with Gasteiger partial charge in [0.05, 0.1) is 0 Å². The topological polar surface area (TPSA) is 0 Å². The van der Waals surface area contributed by atoms with Crippen LogP contribution >= 0.6 is 0 Å². The van der Waals surface area contributed by atoms with Gasteiger partial charge in [-0.1, -0.05) is 54.6 Å². The van der Waals surface area contributed by atoms with Gasteiger partial charge < -0.3 is 37.2 Å². The number of hydrogen-bond acceptors (Lipinski definition) is 0. The summed E-state index contributed by atoms with van der Waals surface area (Å²) < 4.78 is 0. The van der Waals surface area contributed by atoms with Crippen molar-refractivity contribution < 1.29 is 58.9 Å². The van der Waals surface area contributed by atoms with Gasteiger partial charge in [0.2, 0.25) is 0 Å². The molecule has 2 aromatic rings. The van der Waals surface area contributed by atoms with Crippen molar-refractivity contribution in [3.63, 3.8) is 0 Å². The van der Waals surface area contributed by atoms with Crippen LogP contribution in [0.2, 0.25) is 0 Å². The van der Waals surface area contributed by atoms with E-state index in [4.69, 9.17) is 0 Å². The second-order valence-electron chi connectivity index (χ2n) is 5.08. The van der Waals surface area contributed by atoms with Gasteiger partial charge in [0, 0.05) is 0 Å². The first-order valence-corrected chi connectivity index (χ1v) is 6.45. The molecule has 0 aliphatic heterocycles. The van der Waals surface area contributed by atoms with E-state index in [-0.39, 0.29) is 58.9 Å². The molecule has 0 saturated carbocycles. The van der Waals surface area contributed by atoms with Crippen molar-refractivity contribution in [2.24, 2.45) is 0 Å². The maximum atomic E-state index is 2.29. The third kappa shape index (κ3) is 3.23. The summed E-state index contributed by atoms with van der Waals surface area (Å²) in [5.41, 5.74) is 4.17. The normalized spacial score (nSPS) is 12.9. The Labute approximate surface area is 164 Å². The molecule has 0 atom stereocenters. The van der Waals surface area contributed by atoms with E-state index in [1.54, 1.807) is 0 Å². The molecule has 4 rings (SSSR count). The van der Waals surface area contributed by atoms with Crippen LogP contribution in [-0.2, 0) is 28.1 Å². The molecule has 2 aliphatic rings. The Morgan fingerprint density at radius 3 is 2.36 bits per heavy atom. The Bertz CT molecular complexity index is 864. The summed E-state index contributed by atoms with van der Waals surface area (Å²) in [5, 5.41) is 5.59. The molecule has 111 valence electrons. The van der Waals surface area contributed by atoms with Gasteiger partial charge >= 0.3 is 21.7 Å². The molecule has 0 spiro atoms. The fraction of sp³-hybridized carbons (Fsp3) is 0.111. The van der Waals surface area contributed by atoms with Crippen LogP contribution < -0.4 is 47.7 Å². The van der Waals surface area contributed by atoms with Crippen LogP contribution in [0.5, 0.6) is 0 Å². The minimum atomic E-state index is 0. The van der Waals surface area contributed by atoms with Crippen molar-refractivity contribution in [1.29, 1.82) is 0 Å². The zero-order valence-electron chi connectivity index (χ0n) is 12.0. The molecular formula is C18H14Cl3Ti. The van der Waals surface area contributed by atoms with E-state index >= 15 is 0 Å². The first kappa shape index (κ1) is 21.5. The van der Waals surface area contributed by atoms with Gasteiger partial charge in [-0.25, -0.2) is 0 Å². The summed E-state index contributed by atoms with van der Waals surface area (Å²) in [6.07, 6.45) is 12.1. The smallest absolute Gasteiger partial charge is 1.00 e. The number of fused-ring (bicyclic) bond motifs is 5. The van der Waals surface area contributed by atoms with Gasteiger partial charge in [-0.15, -0.1) is 0 Å². The third-order valence-electron chi connectivity index (χ3n) is 4.01. The largest absolute Gasteiger partial charge is 3.00 e. The van der Waals surface area contributed by atoms with E-state index in [0.29, 0.717) is 0 Å². The Morgan fingerprint density at radius 2 is 1.59 bits per heavy atom. The summed E-state index contributed by atoms with van der Waals surface area (Å²) in [4.78, 5) is 0. The zero-order valence-corrected chi connectivity index (χ0v) is 15.9. The monoisotopic (exact) mass is 383 g/mol. The Hall–Kier alpha value is -0.496. The van der Waals surface area contributed by atoms with Crippen LogP contribution in [-0.4, -0.2) is 0 Å². The fourth-order valence-corrected chi connectivity index (χ4v) is 3.10. The van der Waals surface area contributed by atoms with E-state index in [9.17, 15) is 0 Å². The molecule has 0 saturated heterocycles. The van der Waals surface area contributed by atoms with Gasteiger partial charge in [0.1, 0.15) is 0 Å². The van der Waals surface area contributed by atoms with Gasteiger partial charge in [-0.05, 0) is 51.3 Å². The molecular weight excluding hydrogens is 370 g/mol. The SMILES string of the molecule is CC1=c2c(ccc3c4c(ccc23)CC=CC=4)C=C1.[Cl-].[Cl-].[Cl-].[Ti+3]. The summed E-state index contributed by atoms with van der Waals surface area (Å²) in [7, 11) is 0. The average molecular weight is 385 g/mol. The third-order valence-corrected chi connectivity index (χ3v) is 4.01. The van der Waals surface area contributed by atoms with E-state index in [0.717, 1.165) is 6.42 Å². The molecule has 4 heteroatoms. The molecule has 0 nitrogen and oxygen atoms in total. The predicted octanol–water partition coefficient (Wildman–Crippen LogP) is -6.06. The van der Waals surface area contributed by atoms with Gasteiger partial charge in [-0.3, -0.25) is 0 Å². The van der Waals surface area contributed by atoms with Crippen molar-refractivity contribution >= 4 is 28.5 Å². The second-order valence-corrected chi connectivity index (χ2v) is 5.08. The number of hydrogen-bond donors (Lipinski definition) is 0. The van der Waals surface area contributed by atoms with Crippen LogP contribution in [0.3, 0.4) is 0 Å². The van der Waals surface area contributed by atoms with Gasteiger partial charge in [-0.2, -0.15) is 0 Å². The molecule has 1 radical (unpaired) electrons. The molecule has 22 heavy (non-hydrogen) atoms. The first-order valence-electron chi connectivity index (χ1n) is 6.45. The van der Waals surface area contributed by atoms with Crippen LogP contribution in [0.4, 0.5) is 0 Å². The minimum Gasteiger partial charge on any atom is -1.00 e. The van der Waals surface area contributed by atoms with Crippen molar-refractivity contribution in [3.05, 3.63) is 64.1 Å². The number of rotatable bonds is 0. The van der Waals surface area contributed by atoms with E-state index in [2.05, 4.69) is 61.6 Å². The molecule has 0 N–H and O–H groups in total. The fourth-order valence-electron chi connectivity index (χ4n) is 3.10. The van der Waals surface area contributed by atoms with Gasteiger partial charge in [0.25, 0.3) is 0 Å². The summed E-state index contributed by atoms with van der Waals surface area (Å²) in [6.45, 7) is 2.20. The van der Waals surface area contributed by atoms with Crippen LogP contribution in [0.1, 0.15) is 18.1 Å². The van der Waals surface area contributed by atoms with Crippen LogP contribution in [0.15, 0.2) is 42.5 Å². The minimum absolute atomic E-state index is 0. The predicted molar refractivity (Wildman–Crippen MR) is 78.6 cm³/mol. The van der Waals surface area contributed by atoms with Gasteiger partial charge in [0.15, 0.2) is 0 Å². The zero-order chi connectivity index (χ0) is 12.1. The Kier molecular flexibility index (Phi) is 8.19. The number of halogens is 3. The van der Waals surface area contributed by atoms with E-state index < -0.39 is 0 Å². The molecule has 0 fully saturated rings. The van der Waals surface area contributed by atoms with Crippen molar-refractivity contribution in [2.75, 3.05) is 0 Å². The maximum Gasteiger partial charge on any atom is 3.00 e. The van der Waals surface area contributed by atoms with E-state index in [1.165, 1.54) is 37.9 Å².